The molecule has 0 unspecified atom stereocenters. The highest BCUT2D eigenvalue weighted by Gasteiger charge is 2.12. The molecule has 2 aromatic carbocycles. The molecule has 0 saturated carbocycles. The number of carbonyl (C=O) groups is 2. The van der Waals surface area contributed by atoms with Gasteiger partial charge in [0.25, 0.3) is 5.91 Å². The molecule has 3 N–H and O–H groups in total. The SMILES string of the molecule is CCc1ccccc1Nc1cc(C(=O)Nc2ccc(NC(C)=O)cc2)nc(C)n1. The molecule has 0 aliphatic heterocycles. The van der Waals surface area contributed by atoms with Gasteiger partial charge in [-0.3, -0.25) is 9.59 Å². The number of carbonyl (C=O) groups excluding carboxylic acids is 2. The van der Waals surface area contributed by atoms with E-state index in [9.17, 15) is 9.59 Å². The molecule has 2 amide bonds. The minimum Gasteiger partial charge on any atom is -0.340 e. The van der Waals surface area contributed by atoms with Crippen molar-refractivity contribution in [1.29, 1.82) is 0 Å². The molecule has 3 aromatic rings. The third kappa shape index (κ3) is 5.38. The summed E-state index contributed by atoms with van der Waals surface area (Å²) in [5, 5.41) is 8.77. The van der Waals surface area contributed by atoms with Gasteiger partial charge in [-0.05, 0) is 49.2 Å². The van der Waals surface area contributed by atoms with Gasteiger partial charge in [-0.15, -0.1) is 0 Å². The second-order valence-corrected chi connectivity index (χ2v) is 6.53. The highest BCUT2D eigenvalue weighted by Crippen LogP contribution is 2.21. The van der Waals surface area contributed by atoms with E-state index in [2.05, 4.69) is 38.9 Å². The van der Waals surface area contributed by atoms with Crippen molar-refractivity contribution in [2.24, 2.45) is 0 Å². The number of nitrogens with one attached hydrogen (secondary N) is 3. The van der Waals surface area contributed by atoms with Crippen LogP contribution in [0.1, 0.15) is 35.7 Å². The molecule has 0 spiro atoms. The minimum absolute atomic E-state index is 0.150. The Hall–Kier alpha value is -3.74. The molecule has 0 fully saturated rings. The van der Waals surface area contributed by atoms with Crippen LogP contribution in [0, 0.1) is 6.92 Å². The first-order valence-corrected chi connectivity index (χ1v) is 9.34. The number of rotatable bonds is 6. The van der Waals surface area contributed by atoms with Gasteiger partial charge in [-0.2, -0.15) is 0 Å². The predicted octanol–water partition coefficient (Wildman–Crippen LogP) is 4.30. The maximum Gasteiger partial charge on any atom is 0.274 e. The molecule has 7 nitrogen and oxygen atoms in total. The Morgan fingerprint density at radius 3 is 2.24 bits per heavy atom. The molecule has 1 aromatic heterocycles. The highest BCUT2D eigenvalue weighted by molar-refractivity contribution is 6.03. The van der Waals surface area contributed by atoms with Crippen molar-refractivity contribution in [3.8, 4) is 0 Å². The van der Waals surface area contributed by atoms with Crippen molar-refractivity contribution in [3.63, 3.8) is 0 Å². The van der Waals surface area contributed by atoms with Crippen molar-refractivity contribution in [3.05, 3.63) is 71.7 Å². The van der Waals surface area contributed by atoms with Gasteiger partial charge >= 0.3 is 0 Å². The van der Waals surface area contributed by atoms with E-state index in [4.69, 9.17) is 0 Å². The third-order valence-electron chi connectivity index (χ3n) is 4.19. The van der Waals surface area contributed by atoms with Crippen LogP contribution >= 0.6 is 0 Å². The number of aryl methyl sites for hydroxylation is 2. The second kappa shape index (κ2) is 8.97. The maximum atomic E-state index is 12.7. The molecule has 3 rings (SSSR count). The molecule has 148 valence electrons. The summed E-state index contributed by atoms with van der Waals surface area (Å²) in [7, 11) is 0. The van der Waals surface area contributed by atoms with Crippen molar-refractivity contribution in [1.82, 2.24) is 9.97 Å². The average Bonchev–Trinajstić information content (AvgIpc) is 2.69. The summed E-state index contributed by atoms with van der Waals surface area (Å²) in [6, 6.07) is 16.5. The summed E-state index contributed by atoms with van der Waals surface area (Å²) >= 11 is 0. The van der Waals surface area contributed by atoms with E-state index in [1.54, 1.807) is 37.3 Å². The Kier molecular flexibility index (Phi) is 6.19. The molecule has 0 saturated heterocycles. The number of hydrogen-bond donors (Lipinski definition) is 3. The normalized spacial score (nSPS) is 10.3. The zero-order chi connectivity index (χ0) is 20.8. The molecule has 7 heteroatoms. The summed E-state index contributed by atoms with van der Waals surface area (Å²) < 4.78 is 0. The third-order valence-corrected chi connectivity index (χ3v) is 4.19. The fourth-order valence-corrected chi connectivity index (χ4v) is 2.87. The monoisotopic (exact) mass is 389 g/mol. The molecular formula is C22H23N5O2. The van der Waals surface area contributed by atoms with Crippen LogP contribution in [0.3, 0.4) is 0 Å². The van der Waals surface area contributed by atoms with Crippen LogP contribution in [0.2, 0.25) is 0 Å². The van der Waals surface area contributed by atoms with E-state index < -0.39 is 0 Å². The van der Waals surface area contributed by atoms with E-state index in [-0.39, 0.29) is 17.5 Å². The Morgan fingerprint density at radius 1 is 0.931 bits per heavy atom. The van der Waals surface area contributed by atoms with Crippen LogP contribution in [0.25, 0.3) is 0 Å². The number of aromatic nitrogens is 2. The van der Waals surface area contributed by atoms with E-state index in [1.807, 2.05) is 18.2 Å². The van der Waals surface area contributed by atoms with Crippen molar-refractivity contribution in [2.75, 3.05) is 16.0 Å². The van der Waals surface area contributed by atoms with Crippen LogP contribution in [-0.4, -0.2) is 21.8 Å². The van der Waals surface area contributed by atoms with Crippen LogP contribution < -0.4 is 16.0 Å². The zero-order valence-electron chi connectivity index (χ0n) is 16.6. The fourth-order valence-electron chi connectivity index (χ4n) is 2.87. The van der Waals surface area contributed by atoms with Gasteiger partial charge in [0.15, 0.2) is 0 Å². The summed E-state index contributed by atoms with van der Waals surface area (Å²) in [4.78, 5) is 32.4. The first-order chi connectivity index (χ1) is 13.9. The van der Waals surface area contributed by atoms with Crippen LogP contribution in [-0.2, 0) is 11.2 Å². The zero-order valence-corrected chi connectivity index (χ0v) is 16.6. The van der Waals surface area contributed by atoms with E-state index >= 15 is 0 Å². The van der Waals surface area contributed by atoms with Crippen molar-refractivity contribution < 1.29 is 9.59 Å². The van der Waals surface area contributed by atoms with Crippen molar-refractivity contribution in [2.45, 2.75) is 27.2 Å². The van der Waals surface area contributed by atoms with E-state index in [0.717, 1.165) is 17.7 Å². The number of anilines is 4. The Morgan fingerprint density at radius 2 is 1.59 bits per heavy atom. The molecule has 0 atom stereocenters. The second-order valence-electron chi connectivity index (χ2n) is 6.53. The van der Waals surface area contributed by atoms with Crippen LogP contribution in [0.4, 0.5) is 22.9 Å². The largest absolute Gasteiger partial charge is 0.340 e. The molecule has 1 heterocycles. The van der Waals surface area contributed by atoms with Crippen molar-refractivity contribution >= 4 is 34.7 Å². The highest BCUT2D eigenvalue weighted by atomic mass is 16.2. The lowest BCUT2D eigenvalue weighted by Crippen LogP contribution is -2.15. The van der Waals surface area contributed by atoms with Gasteiger partial charge in [-0.25, -0.2) is 9.97 Å². The van der Waals surface area contributed by atoms with Gasteiger partial charge in [0.1, 0.15) is 17.3 Å². The van der Waals surface area contributed by atoms with Crippen LogP contribution in [0.5, 0.6) is 0 Å². The number of benzene rings is 2. The Labute approximate surface area is 169 Å². The molecule has 0 aliphatic carbocycles. The lowest BCUT2D eigenvalue weighted by atomic mass is 10.1. The molecule has 0 radical (unpaired) electrons. The van der Waals surface area contributed by atoms with E-state index in [0.29, 0.717) is 23.0 Å². The summed E-state index contributed by atoms with van der Waals surface area (Å²) in [5.74, 6) is 0.567. The first-order valence-electron chi connectivity index (χ1n) is 9.34. The standard InChI is InChI=1S/C22H23N5O2/c1-4-16-7-5-6-8-19(16)27-21-13-20(23-14(2)24-21)22(29)26-18-11-9-17(10-12-18)25-15(3)28/h5-13H,4H2,1-3H3,(H,25,28)(H,26,29)(H,23,24,27). The lowest BCUT2D eigenvalue weighted by Gasteiger charge is -2.12. The average molecular weight is 389 g/mol. The first kappa shape index (κ1) is 20.0. The fraction of sp³-hybridized carbons (Fsp3) is 0.182. The molecule has 0 bridgehead atoms. The Bertz CT molecular complexity index is 1030. The molecule has 0 aliphatic rings. The van der Waals surface area contributed by atoms with Gasteiger partial charge in [0, 0.05) is 30.1 Å². The van der Waals surface area contributed by atoms with Gasteiger partial charge in [0.2, 0.25) is 5.91 Å². The van der Waals surface area contributed by atoms with Gasteiger partial charge in [0.05, 0.1) is 0 Å². The van der Waals surface area contributed by atoms with E-state index in [1.165, 1.54) is 6.92 Å². The lowest BCUT2D eigenvalue weighted by molar-refractivity contribution is -0.114. The topological polar surface area (TPSA) is 96.0 Å². The molecule has 29 heavy (non-hydrogen) atoms. The number of hydrogen-bond acceptors (Lipinski definition) is 5. The number of para-hydroxylation sites is 1. The van der Waals surface area contributed by atoms with Crippen LogP contribution in [0.15, 0.2) is 54.6 Å². The predicted molar refractivity (Wildman–Crippen MR) is 115 cm³/mol. The van der Waals surface area contributed by atoms with Gasteiger partial charge in [-0.1, -0.05) is 25.1 Å². The maximum absolute atomic E-state index is 12.7. The smallest absolute Gasteiger partial charge is 0.274 e. The minimum atomic E-state index is -0.338. The van der Waals surface area contributed by atoms with Gasteiger partial charge < -0.3 is 16.0 Å². The summed E-state index contributed by atoms with van der Waals surface area (Å²) in [6.07, 6.45) is 0.884. The number of amides is 2. The summed E-state index contributed by atoms with van der Waals surface area (Å²) in [6.45, 7) is 5.27. The number of nitrogens with zero attached hydrogens (tertiary/aromatic N) is 2. The Balaban J connectivity index is 1.76. The molecular weight excluding hydrogens is 366 g/mol. The quantitative estimate of drug-likeness (QED) is 0.584. The summed E-state index contributed by atoms with van der Waals surface area (Å²) in [5.41, 5.74) is 3.64.